The van der Waals surface area contributed by atoms with Gasteiger partial charge >= 0.3 is 0 Å². The van der Waals surface area contributed by atoms with E-state index in [-0.39, 0.29) is 10.9 Å². The Labute approximate surface area is 150 Å². The number of rotatable bonds is 3. The second kappa shape index (κ2) is 5.86. The lowest BCUT2D eigenvalue weighted by molar-refractivity contribution is 0.390. The largest absolute Gasteiger partial charge is 0.360 e. The number of hydrogen-bond donors (Lipinski definition) is 2. The molecule has 1 aliphatic rings. The molecule has 4 rings (SSSR count). The number of H-pyrrole nitrogens is 1. The van der Waals surface area contributed by atoms with E-state index in [1.807, 2.05) is 18.2 Å². The highest BCUT2D eigenvalue weighted by Crippen LogP contribution is 2.31. The van der Waals surface area contributed by atoms with Crippen molar-refractivity contribution in [2.75, 3.05) is 0 Å². The van der Waals surface area contributed by atoms with Crippen LogP contribution in [0.2, 0.25) is 5.02 Å². The van der Waals surface area contributed by atoms with Gasteiger partial charge in [-0.2, -0.15) is 0 Å². The molecular formula is C17H18ClN3O3S. The van der Waals surface area contributed by atoms with Crippen molar-refractivity contribution in [2.45, 2.75) is 44.0 Å². The fourth-order valence-electron chi connectivity index (χ4n) is 3.63. The van der Waals surface area contributed by atoms with Gasteiger partial charge in [-0.25, -0.2) is 13.1 Å². The summed E-state index contributed by atoms with van der Waals surface area (Å²) in [6.07, 6.45) is 2.14. The van der Waals surface area contributed by atoms with E-state index < -0.39 is 10.0 Å². The van der Waals surface area contributed by atoms with E-state index in [9.17, 15) is 8.42 Å². The van der Waals surface area contributed by atoms with E-state index in [4.69, 9.17) is 16.1 Å². The molecule has 1 aliphatic carbocycles. The van der Waals surface area contributed by atoms with Gasteiger partial charge in [0.1, 0.15) is 10.6 Å². The number of aryl methyl sites for hydroxylation is 3. The standard InChI is InChI=1S/C17H18ClN3O3S/c1-9-17(10(2)24-20-9)25(22,23)21-12-4-6-16-14(8-12)13-7-11(18)3-5-15(13)19-16/h3,5,7,12,19,21H,4,6,8H2,1-2H3. The van der Waals surface area contributed by atoms with Crippen LogP contribution in [-0.2, 0) is 22.9 Å². The molecule has 0 saturated heterocycles. The summed E-state index contributed by atoms with van der Waals surface area (Å²) in [6.45, 7) is 3.24. The summed E-state index contributed by atoms with van der Waals surface area (Å²) < 4.78 is 33.3. The SMILES string of the molecule is Cc1noc(C)c1S(=O)(=O)NC1CCc2[nH]c3ccc(Cl)cc3c2C1. The van der Waals surface area contributed by atoms with Crippen LogP contribution in [-0.4, -0.2) is 24.6 Å². The molecule has 8 heteroatoms. The van der Waals surface area contributed by atoms with Gasteiger partial charge in [-0.05, 0) is 56.9 Å². The first-order valence-electron chi connectivity index (χ1n) is 8.09. The number of halogens is 1. The van der Waals surface area contributed by atoms with E-state index in [0.717, 1.165) is 35.0 Å². The van der Waals surface area contributed by atoms with Gasteiger partial charge in [0.15, 0.2) is 5.76 Å². The van der Waals surface area contributed by atoms with Crippen LogP contribution in [0.3, 0.4) is 0 Å². The first-order valence-corrected chi connectivity index (χ1v) is 9.95. The van der Waals surface area contributed by atoms with Crippen molar-refractivity contribution in [3.05, 3.63) is 45.9 Å². The van der Waals surface area contributed by atoms with Crippen LogP contribution in [0.4, 0.5) is 0 Å². The third-order valence-corrected chi connectivity index (χ3v) is 6.71. The number of nitrogens with one attached hydrogen (secondary N) is 2. The molecule has 0 bridgehead atoms. The minimum absolute atomic E-state index is 0.139. The zero-order chi connectivity index (χ0) is 17.8. The lowest BCUT2D eigenvalue weighted by atomic mass is 9.92. The molecule has 2 N–H and O–H groups in total. The lowest BCUT2D eigenvalue weighted by Gasteiger charge is -2.23. The maximum Gasteiger partial charge on any atom is 0.246 e. The van der Waals surface area contributed by atoms with Crippen LogP contribution in [0.25, 0.3) is 10.9 Å². The quantitative estimate of drug-likeness (QED) is 0.731. The molecule has 3 aromatic rings. The van der Waals surface area contributed by atoms with Gasteiger partial charge in [-0.3, -0.25) is 0 Å². The van der Waals surface area contributed by atoms with Crippen molar-refractivity contribution in [2.24, 2.45) is 0 Å². The highest BCUT2D eigenvalue weighted by Gasteiger charge is 2.30. The summed E-state index contributed by atoms with van der Waals surface area (Å²) in [4.78, 5) is 3.55. The Morgan fingerprint density at radius 1 is 1.36 bits per heavy atom. The smallest absolute Gasteiger partial charge is 0.246 e. The van der Waals surface area contributed by atoms with Gasteiger partial charge in [0.05, 0.1) is 0 Å². The van der Waals surface area contributed by atoms with E-state index in [1.165, 1.54) is 0 Å². The molecule has 0 spiro atoms. The van der Waals surface area contributed by atoms with Crippen molar-refractivity contribution in [1.82, 2.24) is 14.9 Å². The Hall–Kier alpha value is -1.83. The molecule has 1 aromatic carbocycles. The fourth-order valence-corrected chi connectivity index (χ4v) is 5.40. The Morgan fingerprint density at radius 3 is 2.88 bits per heavy atom. The van der Waals surface area contributed by atoms with Gasteiger partial charge in [0.25, 0.3) is 0 Å². The zero-order valence-corrected chi connectivity index (χ0v) is 15.5. The number of fused-ring (bicyclic) bond motifs is 3. The number of hydrogen-bond acceptors (Lipinski definition) is 4. The molecule has 2 heterocycles. The Kier molecular flexibility index (Phi) is 3.90. The Morgan fingerprint density at radius 2 is 2.16 bits per heavy atom. The minimum atomic E-state index is -3.67. The van der Waals surface area contributed by atoms with E-state index in [0.29, 0.717) is 22.9 Å². The molecule has 1 atom stereocenters. The predicted molar refractivity (Wildman–Crippen MR) is 95.4 cm³/mol. The van der Waals surface area contributed by atoms with Crippen molar-refractivity contribution < 1.29 is 12.9 Å². The normalized spacial score (nSPS) is 17.8. The average Bonchev–Trinajstić information content (AvgIpc) is 3.07. The highest BCUT2D eigenvalue weighted by molar-refractivity contribution is 7.89. The van der Waals surface area contributed by atoms with Crippen molar-refractivity contribution in [1.29, 1.82) is 0 Å². The van der Waals surface area contributed by atoms with Crippen LogP contribution in [0.15, 0.2) is 27.6 Å². The molecule has 0 fully saturated rings. The number of sulfonamides is 1. The van der Waals surface area contributed by atoms with Gasteiger partial charge in [0.2, 0.25) is 10.0 Å². The van der Waals surface area contributed by atoms with Gasteiger partial charge in [-0.1, -0.05) is 16.8 Å². The van der Waals surface area contributed by atoms with Crippen LogP contribution >= 0.6 is 11.6 Å². The molecule has 0 saturated carbocycles. The minimum Gasteiger partial charge on any atom is -0.360 e. The van der Waals surface area contributed by atoms with Crippen molar-refractivity contribution >= 4 is 32.5 Å². The van der Waals surface area contributed by atoms with Crippen molar-refractivity contribution in [3.8, 4) is 0 Å². The molecule has 6 nitrogen and oxygen atoms in total. The van der Waals surface area contributed by atoms with Gasteiger partial charge in [0, 0.05) is 27.7 Å². The summed E-state index contributed by atoms with van der Waals surface area (Å²) in [7, 11) is -3.67. The molecule has 25 heavy (non-hydrogen) atoms. The first-order chi connectivity index (χ1) is 11.8. The Balaban J connectivity index is 1.65. The summed E-state index contributed by atoms with van der Waals surface area (Å²) in [5.74, 6) is 0.306. The second-order valence-electron chi connectivity index (χ2n) is 6.49. The fraction of sp³-hybridized carbons (Fsp3) is 0.353. The molecule has 2 aromatic heterocycles. The predicted octanol–water partition coefficient (Wildman–Crippen LogP) is 3.26. The number of aromatic nitrogens is 2. The summed E-state index contributed by atoms with van der Waals surface area (Å²) in [5, 5.41) is 5.47. The first kappa shape index (κ1) is 16.6. The molecular weight excluding hydrogens is 362 g/mol. The summed E-state index contributed by atoms with van der Waals surface area (Å²) >= 11 is 6.12. The Bertz CT molecular complexity index is 1050. The lowest BCUT2D eigenvalue weighted by Crippen LogP contribution is -2.39. The zero-order valence-electron chi connectivity index (χ0n) is 13.9. The maximum atomic E-state index is 12.7. The van der Waals surface area contributed by atoms with Crippen molar-refractivity contribution in [3.63, 3.8) is 0 Å². The summed E-state index contributed by atoms with van der Waals surface area (Å²) in [6, 6.07) is 5.56. The molecule has 0 radical (unpaired) electrons. The molecule has 1 unspecified atom stereocenters. The monoisotopic (exact) mass is 379 g/mol. The number of aromatic amines is 1. The van der Waals surface area contributed by atoms with E-state index in [1.54, 1.807) is 13.8 Å². The maximum absolute atomic E-state index is 12.7. The van der Waals surface area contributed by atoms with E-state index >= 15 is 0 Å². The van der Waals surface area contributed by atoms with Crippen LogP contribution in [0.5, 0.6) is 0 Å². The number of benzene rings is 1. The highest BCUT2D eigenvalue weighted by atomic mass is 35.5. The summed E-state index contributed by atoms with van der Waals surface area (Å²) in [5.41, 5.74) is 3.70. The van der Waals surface area contributed by atoms with E-state index in [2.05, 4.69) is 14.9 Å². The molecule has 132 valence electrons. The van der Waals surface area contributed by atoms with Crippen LogP contribution in [0.1, 0.15) is 29.1 Å². The van der Waals surface area contributed by atoms with Gasteiger partial charge in [-0.15, -0.1) is 0 Å². The van der Waals surface area contributed by atoms with Gasteiger partial charge < -0.3 is 9.51 Å². The van der Waals surface area contributed by atoms with Crippen LogP contribution in [0, 0.1) is 13.8 Å². The van der Waals surface area contributed by atoms with Crippen LogP contribution < -0.4 is 4.72 Å². The average molecular weight is 380 g/mol. The topological polar surface area (TPSA) is 88.0 Å². The number of nitrogens with zero attached hydrogens (tertiary/aromatic N) is 1. The third kappa shape index (κ3) is 2.86. The second-order valence-corrected chi connectivity index (χ2v) is 8.57. The molecule has 0 amide bonds. The third-order valence-electron chi connectivity index (χ3n) is 4.71. The molecule has 0 aliphatic heterocycles.